The molecule has 0 aromatic carbocycles. The molecule has 0 bridgehead atoms. The first-order chi connectivity index (χ1) is 20.2. The summed E-state index contributed by atoms with van der Waals surface area (Å²) < 4.78 is 0.351. The lowest BCUT2D eigenvalue weighted by Crippen LogP contribution is -2.34. The number of carbonyl (C=O) groups excluding carboxylic acids is 4. The molecule has 2 aromatic heterocycles. The normalized spacial score (nSPS) is 19.7. The second-order valence-corrected chi connectivity index (χ2v) is 15.0. The molecule has 1 fully saturated rings. The fourth-order valence-electron chi connectivity index (χ4n) is 5.81. The maximum absolute atomic E-state index is 13.8. The quantitative estimate of drug-likeness (QED) is 0.137. The van der Waals surface area contributed by atoms with E-state index in [1.54, 1.807) is 4.90 Å². The topological polar surface area (TPSA) is 86.8 Å². The van der Waals surface area contributed by atoms with E-state index in [2.05, 4.69) is 33.0 Å². The van der Waals surface area contributed by atoms with Crippen LogP contribution in [0.5, 0.6) is 0 Å². The number of fused-ring (bicyclic) bond motifs is 2. The molecule has 5 heterocycles. The van der Waals surface area contributed by atoms with E-state index in [0.717, 1.165) is 83.4 Å². The fraction of sp³-hybridized carbons (Fsp3) is 0.516. The Morgan fingerprint density at radius 1 is 0.786 bits per heavy atom. The molecule has 0 saturated carbocycles. The summed E-state index contributed by atoms with van der Waals surface area (Å²) >= 11 is 9.18. The Balaban J connectivity index is 1.52. The highest BCUT2D eigenvalue weighted by Gasteiger charge is 2.43. The summed E-state index contributed by atoms with van der Waals surface area (Å²) in [7, 11) is 0. The summed E-state index contributed by atoms with van der Waals surface area (Å²) in [6, 6.07) is 3.97. The van der Waals surface area contributed by atoms with Crippen LogP contribution >= 0.6 is 46.7 Å². The highest BCUT2D eigenvalue weighted by Crippen LogP contribution is 2.52. The first-order valence-electron chi connectivity index (χ1n) is 15.0. The minimum absolute atomic E-state index is 0.154. The molecule has 2 atom stereocenters. The van der Waals surface area contributed by atoms with Crippen LogP contribution in [0, 0.1) is 11.8 Å². The number of carbonyl (C=O) groups is 4. The Bertz CT molecular complexity index is 1470. The maximum Gasteiger partial charge on any atom is 0.300 e. The third-order valence-electron chi connectivity index (χ3n) is 8.39. The molecule has 3 amide bonds. The Hall–Kier alpha value is -2.34. The molecule has 3 aliphatic heterocycles. The monoisotopic (exact) mass is 643 g/mol. The van der Waals surface area contributed by atoms with Crippen LogP contribution in [0.2, 0.25) is 0 Å². The van der Waals surface area contributed by atoms with Gasteiger partial charge in [0, 0.05) is 22.8 Å². The first-order valence-corrected chi connectivity index (χ1v) is 17.8. The van der Waals surface area contributed by atoms with Crippen LogP contribution in [0.4, 0.5) is 11.4 Å². The van der Waals surface area contributed by atoms with Crippen molar-refractivity contribution < 1.29 is 19.2 Å². The minimum atomic E-state index is -0.440. The molecular weight excluding hydrogens is 607 g/mol. The number of amides is 3. The van der Waals surface area contributed by atoms with Crippen LogP contribution in [0.25, 0.3) is 15.3 Å². The summed E-state index contributed by atoms with van der Waals surface area (Å²) in [5.74, 6) is -0.674. The molecule has 1 N–H and O–H groups in total. The van der Waals surface area contributed by atoms with Crippen molar-refractivity contribution in [1.29, 1.82) is 0 Å². The van der Waals surface area contributed by atoms with Crippen molar-refractivity contribution in [3.8, 4) is 9.75 Å². The molecule has 0 radical (unpaired) electrons. The zero-order valence-electron chi connectivity index (χ0n) is 24.5. The number of rotatable bonds is 13. The van der Waals surface area contributed by atoms with Gasteiger partial charge < -0.3 is 15.1 Å². The van der Waals surface area contributed by atoms with Gasteiger partial charge in [-0.1, -0.05) is 90.2 Å². The van der Waals surface area contributed by atoms with E-state index < -0.39 is 11.7 Å². The van der Waals surface area contributed by atoms with E-state index in [1.807, 2.05) is 17.0 Å². The van der Waals surface area contributed by atoms with Crippen LogP contribution in [0.3, 0.4) is 0 Å². The van der Waals surface area contributed by atoms with Crippen LogP contribution in [0.15, 0.2) is 17.0 Å². The Kier molecular flexibility index (Phi) is 9.71. The molecule has 7 nitrogen and oxygen atoms in total. The number of thiocarbonyl (C=S) groups is 1. The molecule has 5 rings (SSSR count). The van der Waals surface area contributed by atoms with Crippen molar-refractivity contribution >= 4 is 91.4 Å². The van der Waals surface area contributed by atoms with Crippen LogP contribution < -0.4 is 15.1 Å². The van der Waals surface area contributed by atoms with Crippen molar-refractivity contribution in [3.05, 3.63) is 26.8 Å². The van der Waals surface area contributed by atoms with E-state index in [9.17, 15) is 19.2 Å². The maximum atomic E-state index is 13.8. The van der Waals surface area contributed by atoms with Gasteiger partial charge in [0.05, 0.1) is 26.7 Å². The smallest absolute Gasteiger partial charge is 0.300 e. The number of nitrogens with one attached hydrogen (secondary N) is 1. The van der Waals surface area contributed by atoms with E-state index in [4.69, 9.17) is 12.2 Å². The lowest BCUT2D eigenvalue weighted by Gasteiger charge is -2.23. The summed E-state index contributed by atoms with van der Waals surface area (Å²) in [5.41, 5.74) is 1.91. The lowest BCUT2D eigenvalue weighted by atomic mass is 9.98. The SMILES string of the molecule is CCCCC(CC)CN1C(=O)C(=O)c2sc(-c3cc4c(s3)/C(=C3\SC(=S)NC3=O)C(=O)N4CC(CC)CCCC)cc21. The van der Waals surface area contributed by atoms with Crippen molar-refractivity contribution in [1.82, 2.24) is 5.32 Å². The summed E-state index contributed by atoms with van der Waals surface area (Å²) in [6.07, 6.45) is 8.38. The molecule has 2 unspecified atom stereocenters. The Morgan fingerprint density at radius 2 is 1.31 bits per heavy atom. The molecule has 11 heteroatoms. The molecule has 0 spiro atoms. The van der Waals surface area contributed by atoms with Crippen LogP contribution in [0.1, 0.15) is 93.6 Å². The summed E-state index contributed by atoms with van der Waals surface area (Å²) in [5, 5.41) is 2.66. The second kappa shape index (κ2) is 13.1. The standard InChI is InChI=1S/C31H37N3O4S4/c1-5-9-11-17(7-3)15-33-19-13-21(40-25(19)23(29(33)37)27-28(36)32-31(39)42-27)22-14-20-26(41-22)24(35)30(38)34(20)16-18(8-4)12-10-6-2/h13-14,17-18H,5-12,15-16H2,1-4H3,(H,32,36,39)/b27-23+. The number of thiophene rings is 2. The number of anilines is 2. The molecule has 0 aliphatic carbocycles. The number of unbranched alkanes of at least 4 members (excludes halogenated alkanes) is 2. The van der Waals surface area contributed by atoms with E-state index in [0.29, 0.717) is 50.3 Å². The van der Waals surface area contributed by atoms with Gasteiger partial charge in [-0.3, -0.25) is 19.2 Å². The summed E-state index contributed by atoms with van der Waals surface area (Å²) in [4.78, 5) is 59.5. The van der Waals surface area contributed by atoms with Gasteiger partial charge in [0.15, 0.2) is 0 Å². The van der Waals surface area contributed by atoms with E-state index in [1.165, 1.54) is 22.7 Å². The Labute approximate surface area is 265 Å². The number of hydrogen-bond acceptors (Lipinski definition) is 8. The van der Waals surface area contributed by atoms with Gasteiger partial charge in [0.2, 0.25) is 0 Å². The molecule has 42 heavy (non-hydrogen) atoms. The van der Waals surface area contributed by atoms with Gasteiger partial charge in [0.1, 0.15) is 9.20 Å². The minimum Gasteiger partial charge on any atom is -0.307 e. The van der Waals surface area contributed by atoms with Crippen molar-refractivity contribution in [3.63, 3.8) is 0 Å². The molecule has 3 aliphatic rings. The van der Waals surface area contributed by atoms with E-state index >= 15 is 0 Å². The predicted molar refractivity (Wildman–Crippen MR) is 179 cm³/mol. The Morgan fingerprint density at radius 3 is 1.81 bits per heavy atom. The first kappa shape index (κ1) is 31.1. The van der Waals surface area contributed by atoms with Gasteiger partial charge >= 0.3 is 0 Å². The van der Waals surface area contributed by atoms with Crippen LogP contribution in [-0.2, 0) is 14.4 Å². The van der Waals surface area contributed by atoms with Gasteiger partial charge in [-0.15, -0.1) is 22.7 Å². The second-order valence-electron chi connectivity index (χ2n) is 11.2. The van der Waals surface area contributed by atoms with E-state index in [-0.39, 0.29) is 11.8 Å². The summed E-state index contributed by atoms with van der Waals surface area (Å²) in [6.45, 7) is 9.76. The number of Topliss-reactive ketones (excluding diaryl/α,β-unsaturated/α-hetero) is 1. The molecule has 2 aromatic rings. The van der Waals surface area contributed by atoms with Crippen molar-refractivity contribution in [2.75, 3.05) is 22.9 Å². The van der Waals surface area contributed by atoms with Crippen molar-refractivity contribution in [2.24, 2.45) is 11.8 Å². The number of thioether (sulfide) groups is 1. The largest absolute Gasteiger partial charge is 0.307 e. The number of ketones is 1. The molecule has 1 saturated heterocycles. The number of hydrogen-bond donors (Lipinski definition) is 1. The van der Waals surface area contributed by atoms with Crippen molar-refractivity contribution in [2.45, 2.75) is 79.1 Å². The highest BCUT2D eigenvalue weighted by atomic mass is 32.2. The third-order valence-corrected chi connectivity index (χ3v) is 12.1. The predicted octanol–water partition coefficient (Wildman–Crippen LogP) is 7.64. The fourth-order valence-corrected chi connectivity index (χ4v) is 9.35. The average molecular weight is 644 g/mol. The van der Waals surface area contributed by atoms with Gasteiger partial charge in [-0.25, -0.2) is 0 Å². The zero-order valence-corrected chi connectivity index (χ0v) is 27.8. The van der Waals surface area contributed by atoms with Gasteiger partial charge in [-0.05, 0) is 36.8 Å². The highest BCUT2D eigenvalue weighted by molar-refractivity contribution is 8.27. The average Bonchev–Trinajstić information content (AvgIpc) is 3.76. The molecular formula is C31H37N3O4S4. The zero-order chi connectivity index (χ0) is 30.1. The van der Waals surface area contributed by atoms with Gasteiger partial charge in [-0.2, -0.15) is 0 Å². The lowest BCUT2D eigenvalue weighted by molar-refractivity contribution is -0.116. The molecule has 224 valence electrons. The van der Waals surface area contributed by atoms with Crippen LogP contribution in [-0.4, -0.2) is 40.9 Å². The number of nitrogens with zero attached hydrogens (tertiary/aromatic N) is 2. The van der Waals surface area contributed by atoms with Gasteiger partial charge in [0.25, 0.3) is 23.5 Å². The third kappa shape index (κ3) is 5.77.